The Morgan fingerprint density at radius 3 is 2.28 bits per heavy atom. The largest absolute Gasteiger partial charge is 0.308 e. The summed E-state index contributed by atoms with van der Waals surface area (Å²) in [5.41, 5.74) is 0.635. The molecule has 4 nitrogen and oxygen atoms in total. The first-order chi connectivity index (χ1) is 8.33. The lowest BCUT2D eigenvalue weighted by Gasteiger charge is -2.19. The number of benzene rings is 1. The van der Waals surface area contributed by atoms with Crippen molar-refractivity contribution in [3.63, 3.8) is 0 Å². The van der Waals surface area contributed by atoms with Gasteiger partial charge in [0.15, 0.2) is 0 Å². The van der Waals surface area contributed by atoms with E-state index in [2.05, 4.69) is 0 Å². The monoisotopic (exact) mass is 290 g/mol. The van der Waals surface area contributed by atoms with E-state index in [1.165, 1.54) is 4.31 Å². The molecule has 18 heavy (non-hydrogen) atoms. The van der Waals surface area contributed by atoms with Gasteiger partial charge in [0.1, 0.15) is 0 Å². The van der Waals surface area contributed by atoms with Crippen LogP contribution in [-0.2, 0) is 15.8 Å². The van der Waals surface area contributed by atoms with Gasteiger partial charge in [0.25, 0.3) is 0 Å². The first-order valence-electron chi connectivity index (χ1n) is 5.65. The molecule has 0 aromatic heterocycles. The predicted octanol–water partition coefficient (Wildman–Crippen LogP) is 1.66. The molecule has 0 saturated carbocycles. The maximum atomic E-state index is 12.1. The predicted molar refractivity (Wildman–Crippen MR) is 75.3 cm³/mol. The van der Waals surface area contributed by atoms with Gasteiger partial charge in [0, 0.05) is 25.2 Å². The zero-order valence-electron chi connectivity index (χ0n) is 10.9. The molecule has 0 aliphatic heterocycles. The molecular weight excluding hydrogens is 272 g/mol. The third-order valence-electron chi connectivity index (χ3n) is 2.63. The molecule has 0 aliphatic carbocycles. The molecule has 0 radical (unpaired) electrons. The average Bonchev–Trinajstić information content (AvgIpc) is 2.28. The van der Waals surface area contributed by atoms with E-state index < -0.39 is 10.0 Å². The normalized spacial score (nSPS) is 12.3. The average molecular weight is 291 g/mol. The minimum Gasteiger partial charge on any atom is -0.308 e. The Morgan fingerprint density at radius 1 is 1.11 bits per heavy atom. The second-order valence-electron chi connectivity index (χ2n) is 4.47. The lowest BCUT2D eigenvalue weighted by molar-refractivity contribution is 0.358. The Kier molecular flexibility index (Phi) is 5.59. The molecule has 1 aromatic carbocycles. The summed E-state index contributed by atoms with van der Waals surface area (Å²) in [5.74, 6) is -0.0589. The van der Waals surface area contributed by atoms with Crippen LogP contribution in [0.1, 0.15) is 5.56 Å². The third kappa shape index (κ3) is 4.57. The van der Waals surface area contributed by atoms with Crippen molar-refractivity contribution in [2.45, 2.75) is 5.75 Å². The molecule has 0 saturated heterocycles. The first-order valence-corrected chi connectivity index (χ1v) is 7.64. The smallest absolute Gasteiger partial charge is 0.218 e. The Bertz CT molecular complexity index is 489. The van der Waals surface area contributed by atoms with Gasteiger partial charge < -0.3 is 4.90 Å². The van der Waals surface area contributed by atoms with E-state index >= 15 is 0 Å². The second-order valence-corrected chi connectivity index (χ2v) is 6.96. The highest BCUT2D eigenvalue weighted by Gasteiger charge is 2.19. The van der Waals surface area contributed by atoms with E-state index in [4.69, 9.17) is 11.6 Å². The van der Waals surface area contributed by atoms with E-state index in [0.717, 1.165) is 0 Å². The van der Waals surface area contributed by atoms with Gasteiger partial charge in [-0.15, -0.1) is 0 Å². The van der Waals surface area contributed by atoms with Crippen LogP contribution in [0, 0.1) is 0 Å². The number of rotatable bonds is 6. The molecule has 0 atom stereocenters. The molecule has 0 N–H and O–H groups in total. The van der Waals surface area contributed by atoms with Crippen molar-refractivity contribution >= 4 is 21.6 Å². The SMILES string of the molecule is CN(C)CCN(C)S(=O)(=O)Cc1ccccc1Cl. The van der Waals surface area contributed by atoms with Crippen LogP contribution >= 0.6 is 11.6 Å². The highest BCUT2D eigenvalue weighted by atomic mass is 35.5. The molecule has 0 spiro atoms. The number of hydrogen-bond acceptors (Lipinski definition) is 3. The van der Waals surface area contributed by atoms with Crippen molar-refractivity contribution in [3.05, 3.63) is 34.9 Å². The van der Waals surface area contributed by atoms with Crippen molar-refractivity contribution in [2.75, 3.05) is 34.2 Å². The van der Waals surface area contributed by atoms with Gasteiger partial charge in [-0.1, -0.05) is 29.8 Å². The van der Waals surface area contributed by atoms with Crippen LogP contribution in [0.15, 0.2) is 24.3 Å². The van der Waals surface area contributed by atoms with Crippen LogP contribution in [0.4, 0.5) is 0 Å². The van der Waals surface area contributed by atoms with Gasteiger partial charge in [0.05, 0.1) is 5.75 Å². The molecule has 0 unspecified atom stereocenters. The summed E-state index contributed by atoms with van der Waals surface area (Å²) >= 11 is 5.97. The third-order valence-corrected chi connectivity index (χ3v) is 4.81. The molecule has 0 fully saturated rings. The Labute approximate surface area is 114 Å². The summed E-state index contributed by atoms with van der Waals surface area (Å²) in [6.07, 6.45) is 0. The zero-order valence-corrected chi connectivity index (χ0v) is 12.5. The zero-order chi connectivity index (χ0) is 13.8. The summed E-state index contributed by atoms with van der Waals surface area (Å²) in [4.78, 5) is 1.95. The first kappa shape index (κ1) is 15.4. The Morgan fingerprint density at radius 2 is 1.72 bits per heavy atom. The van der Waals surface area contributed by atoms with E-state index in [9.17, 15) is 8.42 Å². The van der Waals surface area contributed by atoms with Crippen LogP contribution in [0.3, 0.4) is 0 Å². The minimum atomic E-state index is -3.31. The quantitative estimate of drug-likeness (QED) is 0.800. The molecule has 102 valence electrons. The maximum absolute atomic E-state index is 12.1. The van der Waals surface area contributed by atoms with Gasteiger partial charge in [-0.05, 0) is 25.7 Å². The van der Waals surface area contributed by atoms with Gasteiger partial charge in [-0.2, -0.15) is 0 Å². The fraction of sp³-hybridized carbons (Fsp3) is 0.500. The second kappa shape index (κ2) is 6.52. The number of halogens is 1. The molecule has 0 heterocycles. The van der Waals surface area contributed by atoms with Crippen molar-refractivity contribution < 1.29 is 8.42 Å². The Hall–Kier alpha value is -0.620. The summed E-state index contributed by atoms with van der Waals surface area (Å²) in [5, 5.41) is 0.488. The molecule has 1 aromatic rings. The summed E-state index contributed by atoms with van der Waals surface area (Å²) in [6, 6.07) is 7.01. The summed E-state index contributed by atoms with van der Waals surface area (Å²) in [6.45, 7) is 1.16. The number of sulfonamides is 1. The number of nitrogens with zero attached hydrogens (tertiary/aromatic N) is 2. The number of likely N-dealkylation sites (N-methyl/N-ethyl adjacent to an activating group) is 2. The van der Waals surface area contributed by atoms with E-state index in [1.807, 2.05) is 19.0 Å². The molecule has 0 bridgehead atoms. The van der Waals surface area contributed by atoms with E-state index in [-0.39, 0.29) is 5.75 Å². The van der Waals surface area contributed by atoms with Crippen LogP contribution in [0.25, 0.3) is 0 Å². The summed E-state index contributed by atoms with van der Waals surface area (Å²) in [7, 11) is 2.11. The van der Waals surface area contributed by atoms with Gasteiger partial charge in [0.2, 0.25) is 10.0 Å². The van der Waals surface area contributed by atoms with Crippen molar-refractivity contribution in [3.8, 4) is 0 Å². The standard InChI is InChI=1S/C12H19ClN2O2S/c1-14(2)8-9-15(3)18(16,17)10-11-6-4-5-7-12(11)13/h4-7H,8-10H2,1-3H3. The Balaban J connectivity index is 2.73. The fourth-order valence-corrected chi connectivity index (χ4v) is 2.91. The highest BCUT2D eigenvalue weighted by molar-refractivity contribution is 7.88. The molecule has 1 rings (SSSR count). The number of hydrogen-bond donors (Lipinski definition) is 0. The van der Waals surface area contributed by atoms with Crippen molar-refractivity contribution in [1.29, 1.82) is 0 Å². The van der Waals surface area contributed by atoms with Gasteiger partial charge in [-0.25, -0.2) is 12.7 Å². The van der Waals surface area contributed by atoms with Crippen LogP contribution in [0.5, 0.6) is 0 Å². The van der Waals surface area contributed by atoms with Crippen LogP contribution in [-0.4, -0.2) is 51.9 Å². The minimum absolute atomic E-state index is 0.0589. The summed E-state index contributed by atoms with van der Waals surface area (Å²) < 4.78 is 25.6. The molecule has 0 amide bonds. The molecular formula is C12H19ClN2O2S. The maximum Gasteiger partial charge on any atom is 0.218 e. The van der Waals surface area contributed by atoms with Crippen LogP contribution < -0.4 is 0 Å². The van der Waals surface area contributed by atoms with E-state index in [0.29, 0.717) is 23.7 Å². The van der Waals surface area contributed by atoms with E-state index in [1.54, 1.807) is 31.3 Å². The molecule has 6 heteroatoms. The fourth-order valence-electron chi connectivity index (χ4n) is 1.40. The van der Waals surface area contributed by atoms with Crippen molar-refractivity contribution in [2.24, 2.45) is 0 Å². The highest BCUT2D eigenvalue weighted by Crippen LogP contribution is 2.18. The lowest BCUT2D eigenvalue weighted by Crippen LogP contribution is -2.34. The van der Waals surface area contributed by atoms with Gasteiger partial charge >= 0.3 is 0 Å². The topological polar surface area (TPSA) is 40.6 Å². The lowest BCUT2D eigenvalue weighted by atomic mass is 10.2. The van der Waals surface area contributed by atoms with Gasteiger partial charge in [-0.3, -0.25) is 0 Å². The van der Waals surface area contributed by atoms with Crippen LogP contribution in [0.2, 0.25) is 5.02 Å². The van der Waals surface area contributed by atoms with Crippen molar-refractivity contribution in [1.82, 2.24) is 9.21 Å². The molecule has 0 aliphatic rings.